The van der Waals surface area contributed by atoms with Crippen molar-refractivity contribution in [3.8, 4) is 5.75 Å². The van der Waals surface area contributed by atoms with Crippen molar-refractivity contribution in [1.29, 1.82) is 0 Å². The Kier molecular flexibility index (Phi) is 7.51. The van der Waals surface area contributed by atoms with E-state index in [1.54, 1.807) is 29.0 Å². The molecule has 34 heavy (non-hydrogen) atoms. The summed E-state index contributed by atoms with van der Waals surface area (Å²) in [6.07, 6.45) is 4.86. The van der Waals surface area contributed by atoms with Gasteiger partial charge in [-0.2, -0.15) is 5.10 Å². The standard InChI is InChI=1S/C23H29N7O3S/c1-4-8-24-20-18-13-26-30(21(18)28-23(27-20)34-3)10-9-25-22(32)15-11-19(31)29(14-15)16-6-5-7-17(12-16)33-2/h5-7,12-13,15H,4,8-11,14H2,1-3H3,(H,25,32)(H,24,27,28). The lowest BCUT2D eigenvalue weighted by atomic mass is 10.1. The van der Waals surface area contributed by atoms with Gasteiger partial charge in [-0.1, -0.05) is 24.8 Å². The van der Waals surface area contributed by atoms with Crippen molar-refractivity contribution in [2.45, 2.75) is 31.5 Å². The first-order valence-corrected chi connectivity index (χ1v) is 12.5. The van der Waals surface area contributed by atoms with Crippen molar-refractivity contribution in [2.75, 3.05) is 43.2 Å². The number of fused-ring (bicyclic) bond motifs is 1. The Morgan fingerprint density at radius 1 is 1.29 bits per heavy atom. The number of carbonyl (C=O) groups excluding carboxylic acids is 2. The van der Waals surface area contributed by atoms with E-state index in [1.807, 2.05) is 24.5 Å². The molecule has 1 unspecified atom stereocenters. The van der Waals surface area contributed by atoms with Crippen molar-refractivity contribution in [3.63, 3.8) is 0 Å². The number of nitrogens with one attached hydrogen (secondary N) is 2. The Morgan fingerprint density at radius 3 is 2.91 bits per heavy atom. The van der Waals surface area contributed by atoms with E-state index in [2.05, 4.69) is 32.6 Å². The second kappa shape index (κ2) is 10.7. The lowest BCUT2D eigenvalue weighted by molar-refractivity contribution is -0.126. The van der Waals surface area contributed by atoms with Crippen LogP contribution in [0, 0.1) is 5.92 Å². The maximum Gasteiger partial charge on any atom is 0.227 e. The number of amides is 2. The Balaban J connectivity index is 1.38. The van der Waals surface area contributed by atoms with Gasteiger partial charge in [0.05, 0.1) is 31.2 Å². The molecule has 1 aromatic carbocycles. The van der Waals surface area contributed by atoms with Gasteiger partial charge >= 0.3 is 0 Å². The summed E-state index contributed by atoms with van der Waals surface area (Å²) in [5.74, 6) is 0.836. The van der Waals surface area contributed by atoms with Gasteiger partial charge in [-0.3, -0.25) is 9.59 Å². The summed E-state index contributed by atoms with van der Waals surface area (Å²) >= 11 is 1.47. The van der Waals surface area contributed by atoms with Gasteiger partial charge in [0.25, 0.3) is 0 Å². The van der Waals surface area contributed by atoms with Crippen molar-refractivity contribution in [1.82, 2.24) is 25.1 Å². The smallest absolute Gasteiger partial charge is 0.227 e. The van der Waals surface area contributed by atoms with Gasteiger partial charge in [-0.15, -0.1) is 0 Å². The van der Waals surface area contributed by atoms with Crippen LogP contribution >= 0.6 is 11.8 Å². The van der Waals surface area contributed by atoms with Crippen LogP contribution in [0.15, 0.2) is 35.6 Å². The molecule has 1 aliphatic heterocycles. The van der Waals surface area contributed by atoms with E-state index in [0.29, 0.717) is 30.5 Å². The maximum absolute atomic E-state index is 12.8. The molecule has 2 N–H and O–H groups in total. The van der Waals surface area contributed by atoms with Crippen molar-refractivity contribution in [3.05, 3.63) is 30.5 Å². The normalized spacial score (nSPS) is 15.7. The quantitative estimate of drug-likeness (QED) is 0.334. The summed E-state index contributed by atoms with van der Waals surface area (Å²) in [5, 5.41) is 12.3. The number of hydrogen-bond acceptors (Lipinski definition) is 8. The molecular formula is C23H29N7O3S. The average Bonchev–Trinajstić information content (AvgIpc) is 3.46. The van der Waals surface area contributed by atoms with Gasteiger partial charge < -0.3 is 20.3 Å². The summed E-state index contributed by atoms with van der Waals surface area (Å²) < 4.78 is 7.02. The molecule has 1 fully saturated rings. The summed E-state index contributed by atoms with van der Waals surface area (Å²) in [4.78, 5) is 36.1. The fourth-order valence-electron chi connectivity index (χ4n) is 3.91. The summed E-state index contributed by atoms with van der Waals surface area (Å²) in [7, 11) is 1.58. The van der Waals surface area contributed by atoms with E-state index < -0.39 is 5.92 Å². The highest BCUT2D eigenvalue weighted by Gasteiger charge is 2.35. The van der Waals surface area contributed by atoms with Crippen LogP contribution in [0.3, 0.4) is 0 Å². The molecule has 180 valence electrons. The average molecular weight is 484 g/mol. The molecule has 1 saturated heterocycles. The number of nitrogens with zero attached hydrogens (tertiary/aromatic N) is 5. The zero-order valence-corrected chi connectivity index (χ0v) is 20.4. The predicted molar refractivity (Wildman–Crippen MR) is 132 cm³/mol. The van der Waals surface area contributed by atoms with Crippen LogP contribution < -0.4 is 20.3 Å². The number of thioether (sulfide) groups is 1. The molecule has 3 heterocycles. The number of benzene rings is 1. The van der Waals surface area contributed by atoms with E-state index in [1.165, 1.54) is 11.8 Å². The number of carbonyl (C=O) groups is 2. The molecule has 11 heteroatoms. The van der Waals surface area contributed by atoms with E-state index in [4.69, 9.17) is 4.74 Å². The zero-order valence-electron chi connectivity index (χ0n) is 19.6. The lowest BCUT2D eigenvalue weighted by Crippen LogP contribution is -2.35. The maximum atomic E-state index is 12.8. The van der Waals surface area contributed by atoms with E-state index in [0.717, 1.165) is 35.5 Å². The molecule has 0 radical (unpaired) electrons. The van der Waals surface area contributed by atoms with Gasteiger partial charge in [0, 0.05) is 37.8 Å². The van der Waals surface area contributed by atoms with Crippen LogP contribution in [0.5, 0.6) is 5.75 Å². The number of ether oxygens (including phenoxy) is 1. The van der Waals surface area contributed by atoms with Crippen LogP contribution in [0.25, 0.3) is 11.0 Å². The van der Waals surface area contributed by atoms with Crippen molar-refractivity contribution in [2.24, 2.45) is 5.92 Å². The fourth-order valence-corrected chi connectivity index (χ4v) is 4.27. The van der Waals surface area contributed by atoms with Crippen molar-refractivity contribution >= 4 is 46.1 Å². The number of aromatic nitrogens is 4. The molecule has 3 aromatic rings. The van der Waals surface area contributed by atoms with E-state index in [-0.39, 0.29) is 18.2 Å². The molecule has 10 nitrogen and oxygen atoms in total. The van der Waals surface area contributed by atoms with Gasteiger partial charge in [-0.25, -0.2) is 14.6 Å². The second-order valence-corrected chi connectivity index (χ2v) is 8.76. The Morgan fingerprint density at radius 2 is 2.15 bits per heavy atom. The molecule has 0 aliphatic carbocycles. The third-order valence-electron chi connectivity index (χ3n) is 5.68. The van der Waals surface area contributed by atoms with E-state index in [9.17, 15) is 9.59 Å². The highest BCUT2D eigenvalue weighted by atomic mass is 32.2. The zero-order chi connectivity index (χ0) is 24.1. The molecule has 0 bridgehead atoms. The number of anilines is 2. The van der Waals surface area contributed by atoms with Gasteiger partial charge in [0.1, 0.15) is 11.6 Å². The first-order valence-electron chi connectivity index (χ1n) is 11.3. The molecule has 0 spiro atoms. The molecule has 0 saturated carbocycles. The summed E-state index contributed by atoms with van der Waals surface area (Å²) in [5.41, 5.74) is 1.46. The third-order valence-corrected chi connectivity index (χ3v) is 6.23. The minimum Gasteiger partial charge on any atom is -0.497 e. The highest BCUT2D eigenvalue weighted by molar-refractivity contribution is 7.98. The monoisotopic (exact) mass is 483 g/mol. The first-order chi connectivity index (χ1) is 16.5. The third kappa shape index (κ3) is 5.09. The summed E-state index contributed by atoms with van der Waals surface area (Å²) in [6, 6.07) is 7.30. The number of hydrogen-bond donors (Lipinski definition) is 2. The SMILES string of the molecule is CCCNc1nc(SC)nc2c1cnn2CCNC(=O)C1CC(=O)N(c2cccc(OC)c2)C1. The summed E-state index contributed by atoms with van der Waals surface area (Å²) in [6.45, 7) is 4.11. The highest BCUT2D eigenvalue weighted by Crippen LogP contribution is 2.28. The van der Waals surface area contributed by atoms with Crippen LogP contribution in [-0.4, -0.2) is 64.6 Å². The number of rotatable bonds is 10. The first kappa shape index (κ1) is 23.8. The lowest BCUT2D eigenvalue weighted by Gasteiger charge is -2.17. The van der Waals surface area contributed by atoms with Gasteiger partial charge in [0.2, 0.25) is 11.8 Å². The minimum atomic E-state index is -0.400. The molecule has 2 aromatic heterocycles. The Labute approximate surface area is 202 Å². The molecule has 4 rings (SSSR count). The molecule has 1 aliphatic rings. The molecule has 2 amide bonds. The Hall–Kier alpha value is -3.34. The fraction of sp³-hybridized carbons (Fsp3) is 0.435. The van der Waals surface area contributed by atoms with Crippen LogP contribution in [-0.2, 0) is 16.1 Å². The van der Waals surface area contributed by atoms with Gasteiger partial charge in [-0.05, 0) is 24.8 Å². The van der Waals surface area contributed by atoms with Crippen LogP contribution in [0.4, 0.5) is 11.5 Å². The Bertz CT molecular complexity index is 1180. The minimum absolute atomic E-state index is 0.0696. The van der Waals surface area contributed by atoms with E-state index >= 15 is 0 Å². The number of methoxy groups -OCH3 is 1. The second-order valence-electron chi connectivity index (χ2n) is 7.99. The van der Waals surface area contributed by atoms with Crippen LogP contribution in [0.2, 0.25) is 0 Å². The topological polar surface area (TPSA) is 114 Å². The molecular weight excluding hydrogens is 454 g/mol. The largest absolute Gasteiger partial charge is 0.497 e. The molecule has 1 atom stereocenters. The van der Waals surface area contributed by atoms with Crippen LogP contribution in [0.1, 0.15) is 19.8 Å². The predicted octanol–water partition coefficient (Wildman–Crippen LogP) is 2.55. The van der Waals surface area contributed by atoms with Crippen molar-refractivity contribution < 1.29 is 14.3 Å². The van der Waals surface area contributed by atoms with Gasteiger partial charge in [0.15, 0.2) is 10.8 Å².